The lowest BCUT2D eigenvalue weighted by Gasteiger charge is -2.10. The van der Waals surface area contributed by atoms with Gasteiger partial charge in [-0.3, -0.25) is 9.71 Å². The molecule has 0 atom stereocenters. The number of hydrogen-bond donors (Lipinski definition) is 1. The molecule has 0 saturated carbocycles. The fourth-order valence-corrected chi connectivity index (χ4v) is 3.29. The van der Waals surface area contributed by atoms with Crippen LogP contribution in [0.15, 0.2) is 59.6 Å². The van der Waals surface area contributed by atoms with Gasteiger partial charge in [0.1, 0.15) is 4.90 Å². The summed E-state index contributed by atoms with van der Waals surface area (Å²) in [7, 11) is -3.97. The van der Waals surface area contributed by atoms with E-state index in [0.29, 0.717) is 10.9 Å². The third kappa shape index (κ3) is 2.62. The van der Waals surface area contributed by atoms with Crippen molar-refractivity contribution in [1.29, 1.82) is 0 Å². The Bertz CT molecular complexity index is 953. The van der Waals surface area contributed by atoms with Crippen LogP contribution >= 0.6 is 0 Å². The van der Waals surface area contributed by atoms with Gasteiger partial charge in [0.15, 0.2) is 11.6 Å². The number of nitrogens with one attached hydrogen (secondary N) is 1. The highest BCUT2D eigenvalue weighted by Crippen LogP contribution is 2.23. The molecule has 2 aromatic carbocycles. The van der Waals surface area contributed by atoms with Crippen molar-refractivity contribution in [3.63, 3.8) is 0 Å². The van der Waals surface area contributed by atoms with Crippen molar-refractivity contribution in [3.8, 4) is 0 Å². The Hall–Kier alpha value is -2.54. The van der Waals surface area contributed by atoms with Crippen molar-refractivity contribution in [2.24, 2.45) is 0 Å². The molecule has 0 unspecified atom stereocenters. The number of benzene rings is 2. The van der Waals surface area contributed by atoms with Crippen LogP contribution in [0.25, 0.3) is 10.9 Å². The zero-order chi connectivity index (χ0) is 15.7. The number of anilines is 1. The first-order valence-corrected chi connectivity index (χ1v) is 7.77. The predicted molar refractivity (Wildman–Crippen MR) is 78.9 cm³/mol. The van der Waals surface area contributed by atoms with E-state index in [4.69, 9.17) is 0 Å². The van der Waals surface area contributed by atoms with Gasteiger partial charge in [-0.25, -0.2) is 17.2 Å². The number of aromatic nitrogens is 1. The largest absolute Gasteiger partial charge is 0.279 e. The second-order valence-corrected chi connectivity index (χ2v) is 6.22. The highest BCUT2D eigenvalue weighted by atomic mass is 32.2. The highest BCUT2D eigenvalue weighted by molar-refractivity contribution is 7.93. The summed E-state index contributed by atoms with van der Waals surface area (Å²) in [6, 6.07) is 10.9. The van der Waals surface area contributed by atoms with Gasteiger partial charge in [-0.1, -0.05) is 18.2 Å². The van der Waals surface area contributed by atoms with Crippen molar-refractivity contribution in [2.45, 2.75) is 4.90 Å². The van der Waals surface area contributed by atoms with Gasteiger partial charge in [0.2, 0.25) is 0 Å². The molecule has 1 aromatic heterocycles. The van der Waals surface area contributed by atoms with Crippen LogP contribution in [0.5, 0.6) is 0 Å². The number of fused-ring (bicyclic) bond motifs is 1. The molecule has 0 radical (unpaired) electrons. The Labute approximate surface area is 125 Å². The van der Waals surface area contributed by atoms with E-state index in [1.807, 2.05) is 0 Å². The van der Waals surface area contributed by atoms with E-state index in [0.717, 1.165) is 18.2 Å². The van der Waals surface area contributed by atoms with E-state index in [-0.39, 0.29) is 10.6 Å². The van der Waals surface area contributed by atoms with Gasteiger partial charge in [-0.15, -0.1) is 0 Å². The number of sulfonamides is 1. The molecule has 0 saturated heterocycles. The molecule has 3 aromatic rings. The Morgan fingerprint density at radius 1 is 0.955 bits per heavy atom. The molecule has 3 rings (SSSR count). The summed E-state index contributed by atoms with van der Waals surface area (Å²) in [4.78, 5) is 4.04. The predicted octanol–water partition coefficient (Wildman–Crippen LogP) is 3.31. The summed E-state index contributed by atoms with van der Waals surface area (Å²) in [6.45, 7) is 0. The first-order valence-electron chi connectivity index (χ1n) is 6.29. The van der Waals surface area contributed by atoms with Crippen molar-refractivity contribution in [3.05, 3.63) is 66.4 Å². The Morgan fingerprint density at radius 3 is 2.50 bits per heavy atom. The first-order chi connectivity index (χ1) is 10.5. The zero-order valence-corrected chi connectivity index (χ0v) is 11.9. The molecule has 1 N–H and O–H groups in total. The second-order valence-electron chi connectivity index (χ2n) is 4.57. The SMILES string of the molecule is O=S(=O)(Nc1ccc(F)c(F)c1)c1cccc2cccnc12. The van der Waals surface area contributed by atoms with Crippen LogP contribution in [-0.2, 0) is 10.0 Å². The average Bonchev–Trinajstić information content (AvgIpc) is 2.50. The summed E-state index contributed by atoms with van der Waals surface area (Å²) < 4.78 is 53.2. The number of hydrogen-bond acceptors (Lipinski definition) is 3. The second kappa shape index (κ2) is 5.34. The number of para-hydroxylation sites is 1. The van der Waals surface area contributed by atoms with E-state index in [1.165, 1.54) is 12.3 Å². The lowest BCUT2D eigenvalue weighted by atomic mass is 10.2. The van der Waals surface area contributed by atoms with Crippen molar-refractivity contribution in [2.75, 3.05) is 4.72 Å². The van der Waals surface area contributed by atoms with E-state index in [2.05, 4.69) is 9.71 Å². The third-order valence-corrected chi connectivity index (χ3v) is 4.47. The summed E-state index contributed by atoms with van der Waals surface area (Å²) in [6.07, 6.45) is 1.49. The number of halogens is 2. The molecule has 0 fully saturated rings. The third-order valence-electron chi connectivity index (χ3n) is 3.06. The number of nitrogens with zero attached hydrogens (tertiary/aromatic N) is 1. The molecule has 0 amide bonds. The van der Waals surface area contributed by atoms with Gasteiger partial charge in [0.05, 0.1) is 11.2 Å². The van der Waals surface area contributed by atoms with Crippen LogP contribution in [0, 0.1) is 11.6 Å². The molecule has 1 heterocycles. The van der Waals surface area contributed by atoms with E-state index in [9.17, 15) is 17.2 Å². The molecule has 0 aliphatic carbocycles. The van der Waals surface area contributed by atoms with Gasteiger partial charge in [-0.05, 0) is 24.3 Å². The maximum atomic E-state index is 13.2. The van der Waals surface area contributed by atoms with Crippen LogP contribution in [0.4, 0.5) is 14.5 Å². The normalized spacial score (nSPS) is 11.5. The van der Waals surface area contributed by atoms with Gasteiger partial charge < -0.3 is 0 Å². The van der Waals surface area contributed by atoms with Crippen LogP contribution in [0.3, 0.4) is 0 Å². The fourth-order valence-electron chi connectivity index (χ4n) is 2.06. The lowest BCUT2D eigenvalue weighted by molar-refractivity contribution is 0.509. The lowest BCUT2D eigenvalue weighted by Crippen LogP contribution is -2.14. The van der Waals surface area contributed by atoms with Crippen LogP contribution in [0.1, 0.15) is 0 Å². The Morgan fingerprint density at radius 2 is 1.73 bits per heavy atom. The van der Waals surface area contributed by atoms with Crippen molar-refractivity contribution in [1.82, 2.24) is 4.98 Å². The van der Waals surface area contributed by atoms with Gasteiger partial charge in [-0.2, -0.15) is 0 Å². The quantitative estimate of drug-likeness (QED) is 0.805. The Balaban J connectivity index is 2.07. The molecule has 112 valence electrons. The molecule has 22 heavy (non-hydrogen) atoms. The first kappa shape index (κ1) is 14.4. The number of rotatable bonds is 3. The maximum Gasteiger partial charge on any atom is 0.264 e. The Kier molecular flexibility index (Phi) is 3.50. The van der Waals surface area contributed by atoms with E-state index < -0.39 is 21.7 Å². The summed E-state index contributed by atoms with van der Waals surface area (Å²) >= 11 is 0. The van der Waals surface area contributed by atoms with Crippen molar-refractivity contribution < 1.29 is 17.2 Å². The standard InChI is InChI=1S/C15H10F2N2O2S/c16-12-7-6-11(9-13(12)17)19-22(20,21)14-5-1-3-10-4-2-8-18-15(10)14/h1-9,19H. The smallest absolute Gasteiger partial charge is 0.264 e. The minimum Gasteiger partial charge on any atom is -0.279 e. The summed E-state index contributed by atoms with van der Waals surface area (Å²) in [5.41, 5.74) is 0.243. The van der Waals surface area contributed by atoms with Gasteiger partial charge in [0.25, 0.3) is 10.0 Å². The minimum absolute atomic E-state index is 0.0321. The zero-order valence-electron chi connectivity index (χ0n) is 11.1. The summed E-state index contributed by atoms with van der Waals surface area (Å²) in [5, 5.41) is 0.663. The maximum absolute atomic E-state index is 13.2. The topological polar surface area (TPSA) is 59.1 Å². The van der Waals surface area contributed by atoms with E-state index >= 15 is 0 Å². The summed E-state index contributed by atoms with van der Waals surface area (Å²) in [5.74, 6) is -2.17. The molecule has 7 heteroatoms. The van der Waals surface area contributed by atoms with Crippen LogP contribution < -0.4 is 4.72 Å². The molecular weight excluding hydrogens is 310 g/mol. The monoisotopic (exact) mass is 320 g/mol. The molecule has 0 bridgehead atoms. The fraction of sp³-hybridized carbons (Fsp3) is 0. The minimum atomic E-state index is -3.97. The highest BCUT2D eigenvalue weighted by Gasteiger charge is 2.18. The van der Waals surface area contributed by atoms with Crippen molar-refractivity contribution >= 4 is 26.6 Å². The average molecular weight is 320 g/mol. The molecule has 0 aliphatic heterocycles. The van der Waals surface area contributed by atoms with Gasteiger partial charge in [0, 0.05) is 17.6 Å². The molecular formula is C15H10F2N2O2S. The molecule has 0 spiro atoms. The van der Waals surface area contributed by atoms with Crippen LogP contribution in [-0.4, -0.2) is 13.4 Å². The van der Waals surface area contributed by atoms with Crippen LogP contribution in [0.2, 0.25) is 0 Å². The number of pyridine rings is 1. The molecule has 4 nitrogen and oxygen atoms in total. The molecule has 0 aliphatic rings. The van der Waals surface area contributed by atoms with E-state index in [1.54, 1.807) is 24.3 Å². The van der Waals surface area contributed by atoms with Gasteiger partial charge >= 0.3 is 0 Å².